The Morgan fingerprint density at radius 2 is 1.80 bits per heavy atom. The van der Waals surface area contributed by atoms with E-state index in [2.05, 4.69) is 10.3 Å². The van der Waals surface area contributed by atoms with Gasteiger partial charge in [-0.2, -0.15) is 0 Å². The molecule has 2 heterocycles. The SMILES string of the molecule is O=C(Nc1cc(Cl)cc(Cl)c1)c1cnc(OC2CCOCC2)c(Cl)c1. The Labute approximate surface area is 160 Å². The molecule has 1 fully saturated rings. The first-order valence-corrected chi connectivity index (χ1v) is 8.82. The third kappa shape index (κ3) is 4.98. The van der Waals surface area contributed by atoms with Crippen LogP contribution >= 0.6 is 34.8 Å². The Kier molecular flexibility index (Phi) is 6.02. The number of aromatic nitrogens is 1. The Hall–Kier alpha value is -1.53. The predicted molar refractivity (Wildman–Crippen MR) is 98.1 cm³/mol. The summed E-state index contributed by atoms with van der Waals surface area (Å²) in [7, 11) is 0. The van der Waals surface area contributed by atoms with Crippen molar-refractivity contribution in [2.24, 2.45) is 0 Å². The molecule has 0 atom stereocenters. The van der Waals surface area contributed by atoms with Crippen LogP contribution in [0.4, 0.5) is 5.69 Å². The number of hydrogen-bond acceptors (Lipinski definition) is 4. The van der Waals surface area contributed by atoms with Gasteiger partial charge in [0.2, 0.25) is 5.88 Å². The summed E-state index contributed by atoms with van der Waals surface area (Å²) in [6.45, 7) is 1.32. The van der Waals surface area contributed by atoms with Crippen LogP contribution < -0.4 is 10.1 Å². The highest BCUT2D eigenvalue weighted by molar-refractivity contribution is 6.35. The molecule has 0 saturated carbocycles. The van der Waals surface area contributed by atoms with Crippen LogP contribution in [0.25, 0.3) is 0 Å². The number of pyridine rings is 1. The molecule has 3 rings (SSSR count). The maximum atomic E-state index is 12.3. The topological polar surface area (TPSA) is 60.5 Å². The Bertz CT molecular complexity index is 759. The quantitative estimate of drug-likeness (QED) is 0.795. The van der Waals surface area contributed by atoms with Gasteiger partial charge in [0.15, 0.2) is 0 Å². The van der Waals surface area contributed by atoms with E-state index in [1.165, 1.54) is 12.3 Å². The summed E-state index contributed by atoms with van der Waals surface area (Å²) < 4.78 is 11.1. The molecule has 5 nitrogen and oxygen atoms in total. The first-order valence-electron chi connectivity index (χ1n) is 7.68. The van der Waals surface area contributed by atoms with Crippen LogP contribution in [0.5, 0.6) is 5.88 Å². The van der Waals surface area contributed by atoms with Crippen molar-refractivity contribution in [3.8, 4) is 5.88 Å². The van der Waals surface area contributed by atoms with Gasteiger partial charge in [0.05, 0.1) is 18.8 Å². The summed E-state index contributed by atoms with van der Waals surface area (Å²) in [5.41, 5.74) is 0.793. The van der Waals surface area contributed by atoms with Gasteiger partial charge in [-0.1, -0.05) is 34.8 Å². The second kappa shape index (κ2) is 8.23. The van der Waals surface area contributed by atoms with Gasteiger partial charge in [0, 0.05) is 34.8 Å². The molecule has 1 N–H and O–H groups in total. The third-order valence-electron chi connectivity index (χ3n) is 3.64. The van der Waals surface area contributed by atoms with Crippen molar-refractivity contribution in [3.05, 3.63) is 51.1 Å². The number of nitrogens with zero attached hydrogens (tertiary/aromatic N) is 1. The molecule has 0 bridgehead atoms. The number of benzene rings is 1. The lowest BCUT2D eigenvalue weighted by atomic mass is 10.1. The van der Waals surface area contributed by atoms with E-state index in [-0.39, 0.29) is 17.0 Å². The molecular weight excluding hydrogens is 387 g/mol. The molecule has 0 unspecified atom stereocenters. The third-order valence-corrected chi connectivity index (χ3v) is 4.34. The summed E-state index contributed by atoms with van der Waals surface area (Å²) in [5, 5.41) is 3.84. The van der Waals surface area contributed by atoms with Crippen molar-refractivity contribution in [1.29, 1.82) is 0 Å². The van der Waals surface area contributed by atoms with Crippen LogP contribution in [-0.2, 0) is 4.74 Å². The fraction of sp³-hybridized carbons (Fsp3) is 0.294. The van der Waals surface area contributed by atoms with Gasteiger partial charge >= 0.3 is 0 Å². The van der Waals surface area contributed by atoms with E-state index in [0.29, 0.717) is 40.4 Å². The fourth-order valence-corrected chi connectivity index (χ4v) is 3.15. The van der Waals surface area contributed by atoms with Gasteiger partial charge in [-0.25, -0.2) is 4.98 Å². The Morgan fingerprint density at radius 1 is 1.12 bits per heavy atom. The normalized spacial score (nSPS) is 15.0. The molecule has 132 valence electrons. The fourth-order valence-electron chi connectivity index (χ4n) is 2.42. The van der Waals surface area contributed by atoms with Crippen LogP contribution in [0.1, 0.15) is 23.2 Å². The molecule has 1 aliphatic heterocycles. The van der Waals surface area contributed by atoms with Crippen molar-refractivity contribution < 1.29 is 14.3 Å². The second-order valence-corrected chi connectivity index (χ2v) is 6.83. The van der Waals surface area contributed by atoms with Crippen LogP contribution in [-0.4, -0.2) is 30.2 Å². The van der Waals surface area contributed by atoms with Gasteiger partial charge < -0.3 is 14.8 Å². The summed E-state index contributed by atoms with van der Waals surface area (Å²) in [6.07, 6.45) is 3.01. The number of anilines is 1. The van der Waals surface area contributed by atoms with Gasteiger partial charge in [-0.05, 0) is 24.3 Å². The van der Waals surface area contributed by atoms with E-state index < -0.39 is 0 Å². The summed E-state index contributed by atoms with van der Waals surface area (Å²) in [4.78, 5) is 16.5. The predicted octanol–water partition coefficient (Wildman–Crippen LogP) is 4.85. The molecule has 2 aromatic rings. The van der Waals surface area contributed by atoms with Gasteiger partial charge in [0.1, 0.15) is 11.1 Å². The Balaban J connectivity index is 1.69. The Morgan fingerprint density at radius 3 is 2.44 bits per heavy atom. The van der Waals surface area contributed by atoms with Gasteiger partial charge in [-0.3, -0.25) is 4.79 Å². The minimum Gasteiger partial charge on any atom is -0.473 e. The summed E-state index contributed by atoms with van der Waals surface area (Å²) >= 11 is 18.1. The number of rotatable bonds is 4. The number of carbonyl (C=O) groups excluding carboxylic acids is 1. The van der Waals surface area contributed by atoms with Crippen molar-refractivity contribution in [3.63, 3.8) is 0 Å². The van der Waals surface area contributed by atoms with E-state index in [9.17, 15) is 4.79 Å². The molecule has 1 saturated heterocycles. The second-order valence-electron chi connectivity index (χ2n) is 5.55. The molecule has 1 aromatic carbocycles. The van der Waals surface area contributed by atoms with E-state index >= 15 is 0 Å². The van der Waals surface area contributed by atoms with Crippen LogP contribution in [0.2, 0.25) is 15.1 Å². The zero-order valence-corrected chi connectivity index (χ0v) is 15.4. The van der Waals surface area contributed by atoms with Crippen molar-refractivity contribution in [2.45, 2.75) is 18.9 Å². The van der Waals surface area contributed by atoms with Gasteiger partial charge in [0.25, 0.3) is 5.91 Å². The minimum absolute atomic E-state index is 0.0204. The molecule has 1 amide bonds. The number of nitrogens with one attached hydrogen (secondary N) is 1. The molecule has 0 spiro atoms. The minimum atomic E-state index is -0.370. The first-order chi connectivity index (χ1) is 12.0. The molecule has 25 heavy (non-hydrogen) atoms. The number of amides is 1. The average molecular weight is 402 g/mol. The first kappa shape index (κ1) is 18.3. The van der Waals surface area contributed by atoms with Crippen molar-refractivity contribution in [2.75, 3.05) is 18.5 Å². The molecule has 1 aromatic heterocycles. The smallest absolute Gasteiger partial charge is 0.257 e. The van der Waals surface area contributed by atoms with E-state index in [1.807, 2.05) is 0 Å². The molecule has 8 heteroatoms. The number of hydrogen-bond donors (Lipinski definition) is 1. The van der Waals surface area contributed by atoms with Gasteiger partial charge in [-0.15, -0.1) is 0 Å². The molecule has 0 aliphatic carbocycles. The number of ether oxygens (including phenoxy) is 2. The average Bonchev–Trinajstić information content (AvgIpc) is 2.56. The lowest BCUT2D eigenvalue weighted by molar-refractivity contribution is 0.0238. The highest BCUT2D eigenvalue weighted by Gasteiger charge is 2.18. The molecule has 0 radical (unpaired) electrons. The van der Waals surface area contributed by atoms with E-state index in [1.54, 1.807) is 18.2 Å². The van der Waals surface area contributed by atoms with Crippen molar-refractivity contribution >= 4 is 46.4 Å². The molecule has 1 aliphatic rings. The zero-order chi connectivity index (χ0) is 17.8. The van der Waals surface area contributed by atoms with Crippen molar-refractivity contribution in [1.82, 2.24) is 4.98 Å². The zero-order valence-electron chi connectivity index (χ0n) is 13.1. The summed E-state index contributed by atoms with van der Waals surface area (Å²) in [6, 6.07) is 6.30. The van der Waals surface area contributed by atoms with Crippen LogP contribution in [0.15, 0.2) is 30.5 Å². The standard InChI is InChI=1S/C17H15Cl3N2O3/c18-11-6-12(19)8-13(7-11)22-16(23)10-5-15(20)17(21-9-10)25-14-1-3-24-4-2-14/h5-9,14H,1-4H2,(H,22,23). The maximum Gasteiger partial charge on any atom is 0.257 e. The monoisotopic (exact) mass is 400 g/mol. The maximum absolute atomic E-state index is 12.3. The van der Waals surface area contributed by atoms with E-state index in [0.717, 1.165) is 12.8 Å². The largest absolute Gasteiger partial charge is 0.473 e. The highest BCUT2D eigenvalue weighted by atomic mass is 35.5. The highest BCUT2D eigenvalue weighted by Crippen LogP contribution is 2.27. The van der Waals surface area contributed by atoms with E-state index in [4.69, 9.17) is 44.3 Å². The van der Waals surface area contributed by atoms with Crippen LogP contribution in [0, 0.1) is 0 Å². The van der Waals surface area contributed by atoms with Crippen LogP contribution in [0.3, 0.4) is 0 Å². The molecular formula is C17H15Cl3N2O3. The lowest BCUT2D eigenvalue weighted by Gasteiger charge is -2.23. The lowest BCUT2D eigenvalue weighted by Crippen LogP contribution is -2.26. The number of halogens is 3. The number of carbonyl (C=O) groups is 1. The summed E-state index contributed by atoms with van der Waals surface area (Å²) in [5.74, 6) is -0.0544.